The molecule has 17 heavy (non-hydrogen) atoms. The number of hydrogen-bond donors (Lipinski definition) is 1. The van der Waals surface area contributed by atoms with Crippen LogP contribution in [0.15, 0.2) is 18.7 Å². The maximum absolute atomic E-state index is 10.5. The van der Waals surface area contributed by atoms with Gasteiger partial charge >= 0.3 is 5.97 Å². The third kappa shape index (κ3) is 3.45. The van der Waals surface area contributed by atoms with Crippen LogP contribution in [-0.2, 0) is 11.2 Å². The van der Waals surface area contributed by atoms with Gasteiger partial charge in [-0.3, -0.25) is 4.79 Å². The zero-order chi connectivity index (χ0) is 13.0. The monoisotopic (exact) mass is 232 g/mol. The van der Waals surface area contributed by atoms with E-state index in [-0.39, 0.29) is 6.42 Å². The summed E-state index contributed by atoms with van der Waals surface area (Å²) < 4.78 is 0. The fourth-order valence-electron chi connectivity index (χ4n) is 2.04. The highest BCUT2D eigenvalue weighted by Gasteiger charge is 2.07. The van der Waals surface area contributed by atoms with Gasteiger partial charge < -0.3 is 5.11 Å². The van der Waals surface area contributed by atoms with Crippen LogP contribution in [0.3, 0.4) is 0 Å². The molecular formula is C15H20O2. The maximum atomic E-state index is 10.5. The van der Waals surface area contributed by atoms with E-state index in [0.717, 1.165) is 12.0 Å². The van der Waals surface area contributed by atoms with Crippen LogP contribution in [0, 0.1) is 13.8 Å². The van der Waals surface area contributed by atoms with Crippen molar-refractivity contribution < 1.29 is 9.90 Å². The molecule has 0 unspecified atom stereocenters. The number of aliphatic carboxylic acids is 1. The van der Waals surface area contributed by atoms with E-state index >= 15 is 0 Å². The molecule has 0 aromatic heterocycles. The molecule has 1 N–H and O–H groups in total. The van der Waals surface area contributed by atoms with Crippen molar-refractivity contribution >= 4 is 11.5 Å². The van der Waals surface area contributed by atoms with E-state index in [2.05, 4.69) is 32.6 Å². The van der Waals surface area contributed by atoms with Crippen LogP contribution in [0.4, 0.5) is 0 Å². The van der Waals surface area contributed by atoms with Gasteiger partial charge in [-0.05, 0) is 55.9 Å². The molecule has 0 aliphatic rings. The van der Waals surface area contributed by atoms with Crippen molar-refractivity contribution in [3.63, 3.8) is 0 Å². The lowest BCUT2D eigenvalue weighted by atomic mass is 9.92. The van der Waals surface area contributed by atoms with Crippen LogP contribution in [0.25, 0.3) is 5.57 Å². The number of benzene rings is 1. The van der Waals surface area contributed by atoms with Gasteiger partial charge in [-0.1, -0.05) is 24.3 Å². The second kappa shape index (κ2) is 5.67. The summed E-state index contributed by atoms with van der Waals surface area (Å²) in [6.07, 6.45) is 1.76. The summed E-state index contributed by atoms with van der Waals surface area (Å²) >= 11 is 0. The van der Waals surface area contributed by atoms with Gasteiger partial charge in [-0.25, -0.2) is 0 Å². The van der Waals surface area contributed by atoms with E-state index in [1.165, 1.54) is 22.3 Å². The van der Waals surface area contributed by atoms with Gasteiger partial charge in [0.15, 0.2) is 0 Å². The standard InChI is InChI=1S/C15H20O2/c1-10(2)14-9-8-13(11(3)12(14)4)6-5-7-15(16)17/h8-9H,1,5-7H2,2-4H3,(H,16,17). The Morgan fingerprint density at radius 2 is 1.94 bits per heavy atom. The highest BCUT2D eigenvalue weighted by Crippen LogP contribution is 2.23. The summed E-state index contributed by atoms with van der Waals surface area (Å²) in [5.74, 6) is -0.724. The summed E-state index contributed by atoms with van der Waals surface area (Å²) in [4.78, 5) is 10.5. The fraction of sp³-hybridized carbons (Fsp3) is 0.400. The van der Waals surface area contributed by atoms with E-state index in [0.29, 0.717) is 6.42 Å². The minimum atomic E-state index is -0.724. The van der Waals surface area contributed by atoms with E-state index in [1.807, 2.05) is 6.92 Å². The Labute approximate surface area is 103 Å². The van der Waals surface area contributed by atoms with Gasteiger partial charge in [0.2, 0.25) is 0 Å². The molecule has 0 heterocycles. The van der Waals surface area contributed by atoms with E-state index in [4.69, 9.17) is 5.11 Å². The molecule has 0 aliphatic carbocycles. The fourth-order valence-corrected chi connectivity index (χ4v) is 2.04. The SMILES string of the molecule is C=C(C)c1ccc(CCCC(=O)O)c(C)c1C. The Morgan fingerprint density at radius 3 is 2.47 bits per heavy atom. The first-order valence-corrected chi connectivity index (χ1v) is 5.90. The molecule has 0 radical (unpaired) electrons. The van der Waals surface area contributed by atoms with Crippen LogP contribution in [0.1, 0.15) is 42.0 Å². The van der Waals surface area contributed by atoms with Crippen LogP contribution in [-0.4, -0.2) is 11.1 Å². The number of carboxylic acids is 1. The Morgan fingerprint density at radius 1 is 1.29 bits per heavy atom. The molecule has 0 aliphatic heterocycles. The van der Waals surface area contributed by atoms with Crippen molar-refractivity contribution in [2.75, 3.05) is 0 Å². The molecule has 0 fully saturated rings. The first-order valence-electron chi connectivity index (χ1n) is 5.90. The maximum Gasteiger partial charge on any atom is 0.303 e. The van der Waals surface area contributed by atoms with Gasteiger partial charge in [0.1, 0.15) is 0 Å². The average molecular weight is 232 g/mol. The van der Waals surface area contributed by atoms with Crippen molar-refractivity contribution in [3.8, 4) is 0 Å². The number of aryl methyl sites for hydroxylation is 1. The van der Waals surface area contributed by atoms with Crippen molar-refractivity contribution in [1.29, 1.82) is 0 Å². The zero-order valence-corrected chi connectivity index (χ0v) is 10.8. The summed E-state index contributed by atoms with van der Waals surface area (Å²) in [5.41, 5.74) is 6.03. The third-order valence-corrected chi connectivity index (χ3v) is 3.20. The summed E-state index contributed by atoms with van der Waals surface area (Å²) in [6.45, 7) is 10.2. The first-order chi connectivity index (χ1) is 7.93. The predicted molar refractivity (Wildman–Crippen MR) is 71.2 cm³/mol. The van der Waals surface area contributed by atoms with Gasteiger partial charge in [0.05, 0.1) is 0 Å². The van der Waals surface area contributed by atoms with Crippen LogP contribution in [0.5, 0.6) is 0 Å². The Kier molecular flexibility index (Phi) is 4.50. The molecule has 0 amide bonds. The average Bonchev–Trinajstić information content (AvgIpc) is 2.23. The Bertz CT molecular complexity index is 444. The zero-order valence-electron chi connectivity index (χ0n) is 10.8. The van der Waals surface area contributed by atoms with Crippen molar-refractivity contribution in [1.82, 2.24) is 0 Å². The number of hydrogen-bond acceptors (Lipinski definition) is 1. The van der Waals surface area contributed by atoms with Crippen molar-refractivity contribution in [2.24, 2.45) is 0 Å². The number of carboxylic acid groups (broad SMARTS) is 1. The summed E-state index contributed by atoms with van der Waals surface area (Å²) in [5, 5.41) is 8.62. The molecule has 2 nitrogen and oxygen atoms in total. The number of carbonyl (C=O) groups is 1. The lowest BCUT2D eigenvalue weighted by Gasteiger charge is -2.13. The highest BCUT2D eigenvalue weighted by molar-refractivity contribution is 5.67. The summed E-state index contributed by atoms with van der Waals surface area (Å²) in [6, 6.07) is 4.18. The number of allylic oxidation sites excluding steroid dienone is 1. The molecule has 1 rings (SSSR count). The molecule has 1 aromatic carbocycles. The molecule has 1 aromatic rings. The van der Waals surface area contributed by atoms with E-state index in [9.17, 15) is 4.79 Å². The molecule has 92 valence electrons. The quantitative estimate of drug-likeness (QED) is 0.839. The third-order valence-electron chi connectivity index (χ3n) is 3.20. The Balaban J connectivity index is 2.85. The molecule has 0 spiro atoms. The molecule has 0 bridgehead atoms. The van der Waals surface area contributed by atoms with Gasteiger partial charge in [0, 0.05) is 6.42 Å². The van der Waals surface area contributed by atoms with Gasteiger partial charge in [-0.15, -0.1) is 0 Å². The van der Waals surface area contributed by atoms with Gasteiger partial charge in [-0.2, -0.15) is 0 Å². The normalized spacial score (nSPS) is 10.3. The van der Waals surface area contributed by atoms with Crippen molar-refractivity contribution in [3.05, 3.63) is 41.0 Å². The second-order valence-electron chi connectivity index (χ2n) is 4.55. The molecule has 0 saturated heterocycles. The minimum Gasteiger partial charge on any atom is -0.481 e. The molecule has 0 saturated carbocycles. The minimum absolute atomic E-state index is 0.237. The van der Waals surface area contributed by atoms with Crippen LogP contribution < -0.4 is 0 Å². The topological polar surface area (TPSA) is 37.3 Å². The lowest BCUT2D eigenvalue weighted by molar-refractivity contribution is -0.137. The van der Waals surface area contributed by atoms with Crippen LogP contribution >= 0.6 is 0 Å². The predicted octanol–water partition coefficient (Wildman–Crippen LogP) is 3.74. The molecule has 2 heteroatoms. The molecular weight excluding hydrogens is 212 g/mol. The van der Waals surface area contributed by atoms with Gasteiger partial charge in [0.25, 0.3) is 0 Å². The number of rotatable bonds is 5. The smallest absolute Gasteiger partial charge is 0.303 e. The molecule has 0 atom stereocenters. The largest absolute Gasteiger partial charge is 0.481 e. The lowest BCUT2D eigenvalue weighted by Crippen LogP contribution is -1.99. The second-order valence-corrected chi connectivity index (χ2v) is 4.55. The van der Waals surface area contributed by atoms with E-state index < -0.39 is 5.97 Å². The van der Waals surface area contributed by atoms with E-state index in [1.54, 1.807) is 0 Å². The summed E-state index contributed by atoms with van der Waals surface area (Å²) in [7, 11) is 0. The highest BCUT2D eigenvalue weighted by atomic mass is 16.4. The Hall–Kier alpha value is -1.57. The first kappa shape index (κ1) is 13.5. The van der Waals surface area contributed by atoms with Crippen molar-refractivity contribution in [2.45, 2.75) is 40.0 Å². The van der Waals surface area contributed by atoms with Crippen LogP contribution in [0.2, 0.25) is 0 Å².